The molecule has 1 N–H and O–H groups in total. The van der Waals surface area contributed by atoms with E-state index in [-0.39, 0.29) is 5.97 Å². The van der Waals surface area contributed by atoms with E-state index in [0.29, 0.717) is 5.56 Å². The third kappa shape index (κ3) is 5.74. The molecule has 0 saturated heterocycles. The number of ether oxygens (including phenoxy) is 1. The number of carbonyl (C=O) groups is 1. The highest BCUT2D eigenvalue weighted by molar-refractivity contribution is 9.10. The first-order chi connectivity index (χ1) is 9.04. The molecule has 1 aromatic carbocycles. The summed E-state index contributed by atoms with van der Waals surface area (Å²) in [4.78, 5) is 11.4. The van der Waals surface area contributed by atoms with Gasteiger partial charge in [0.05, 0.1) is 12.7 Å². The second-order valence-corrected chi connectivity index (χ2v) is 5.86. The molecule has 0 heterocycles. The molecule has 0 atom stereocenters. The van der Waals surface area contributed by atoms with E-state index < -0.39 is 0 Å². The Kier molecular flexibility index (Phi) is 7.10. The van der Waals surface area contributed by atoms with Gasteiger partial charge in [-0.15, -0.1) is 0 Å². The van der Waals surface area contributed by atoms with Gasteiger partial charge in [0.2, 0.25) is 0 Å². The van der Waals surface area contributed by atoms with Crippen LogP contribution in [0.1, 0.15) is 42.6 Å². The summed E-state index contributed by atoms with van der Waals surface area (Å²) in [5, 5.41) is 3.41. The standard InChI is InChI=1S/C15H22BrNO2/c1-11(2)5-4-8-17-10-13-7-6-12(9-14(13)16)15(18)19-3/h6-7,9,11,17H,4-5,8,10H2,1-3H3. The molecule has 0 saturated carbocycles. The van der Waals surface area contributed by atoms with Gasteiger partial charge in [-0.3, -0.25) is 0 Å². The van der Waals surface area contributed by atoms with Gasteiger partial charge in [-0.25, -0.2) is 4.79 Å². The summed E-state index contributed by atoms with van der Waals surface area (Å²) < 4.78 is 5.63. The highest BCUT2D eigenvalue weighted by atomic mass is 79.9. The first-order valence-electron chi connectivity index (χ1n) is 6.62. The second kappa shape index (κ2) is 8.33. The molecule has 0 aliphatic carbocycles. The van der Waals surface area contributed by atoms with E-state index >= 15 is 0 Å². The Bertz CT molecular complexity index is 419. The zero-order valence-electron chi connectivity index (χ0n) is 11.8. The number of carbonyl (C=O) groups excluding carboxylic acids is 1. The maximum atomic E-state index is 11.4. The lowest BCUT2D eigenvalue weighted by molar-refractivity contribution is 0.0600. The summed E-state index contributed by atoms with van der Waals surface area (Å²) >= 11 is 3.49. The van der Waals surface area contributed by atoms with Gasteiger partial charge in [0.25, 0.3) is 0 Å². The summed E-state index contributed by atoms with van der Waals surface area (Å²) in [5.41, 5.74) is 1.72. The van der Waals surface area contributed by atoms with Gasteiger partial charge in [0, 0.05) is 11.0 Å². The van der Waals surface area contributed by atoms with Crippen LogP contribution in [0.25, 0.3) is 0 Å². The maximum absolute atomic E-state index is 11.4. The molecule has 3 nitrogen and oxygen atoms in total. The quantitative estimate of drug-likeness (QED) is 0.612. The number of hydrogen-bond donors (Lipinski definition) is 1. The van der Waals surface area contributed by atoms with Crippen LogP contribution in [0, 0.1) is 5.92 Å². The van der Waals surface area contributed by atoms with Crippen molar-refractivity contribution in [1.82, 2.24) is 5.32 Å². The van der Waals surface area contributed by atoms with Crippen LogP contribution in [0.3, 0.4) is 0 Å². The Morgan fingerprint density at radius 3 is 2.74 bits per heavy atom. The lowest BCUT2D eigenvalue weighted by Crippen LogP contribution is -2.15. The highest BCUT2D eigenvalue weighted by Gasteiger charge is 2.08. The summed E-state index contributed by atoms with van der Waals surface area (Å²) in [6, 6.07) is 5.55. The summed E-state index contributed by atoms with van der Waals surface area (Å²) in [6.45, 7) is 6.30. The molecular formula is C15H22BrNO2. The number of rotatable bonds is 7. The average Bonchev–Trinajstić information content (AvgIpc) is 2.38. The fourth-order valence-electron chi connectivity index (χ4n) is 1.79. The molecule has 1 aromatic rings. The number of methoxy groups -OCH3 is 1. The molecule has 0 aliphatic heterocycles. The Balaban J connectivity index is 2.44. The molecule has 1 rings (SSSR count). The van der Waals surface area contributed by atoms with Crippen molar-refractivity contribution < 1.29 is 9.53 Å². The van der Waals surface area contributed by atoms with Gasteiger partial charge in [-0.05, 0) is 43.0 Å². The van der Waals surface area contributed by atoms with Crippen LogP contribution in [0.4, 0.5) is 0 Å². The van der Waals surface area contributed by atoms with Gasteiger partial charge >= 0.3 is 5.97 Å². The molecular weight excluding hydrogens is 306 g/mol. The third-order valence-electron chi connectivity index (χ3n) is 2.92. The van der Waals surface area contributed by atoms with Crippen molar-refractivity contribution in [2.75, 3.05) is 13.7 Å². The van der Waals surface area contributed by atoms with Crippen LogP contribution in [0.15, 0.2) is 22.7 Å². The van der Waals surface area contributed by atoms with Crippen molar-refractivity contribution >= 4 is 21.9 Å². The van der Waals surface area contributed by atoms with Crippen LogP contribution in [0.5, 0.6) is 0 Å². The lowest BCUT2D eigenvalue weighted by atomic mass is 10.1. The highest BCUT2D eigenvalue weighted by Crippen LogP contribution is 2.19. The van der Waals surface area contributed by atoms with Gasteiger partial charge in [-0.1, -0.05) is 35.8 Å². The van der Waals surface area contributed by atoms with Crippen LogP contribution in [-0.4, -0.2) is 19.6 Å². The minimum atomic E-state index is -0.308. The zero-order valence-corrected chi connectivity index (χ0v) is 13.4. The average molecular weight is 328 g/mol. The molecule has 0 spiro atoms. The van der Waals surface area contributed by atoms with Crippen molar-refractivity contribution in [3.8, 4) is 0 Å². The van der Waals surface area contributed by atoms with Crippen molar-refractivity contribution in [3.63, 3.8) is 0 Å². The molecule has 0 radical (unpaired) electrons. The number of esters is 1. The monoisotopic (exact) mass is 327 g/mol. The Morgan fingerprint density at radius 1 is 1.42 bits per heavy atom. The summed E-state index contributed by atoms with van der Waals surface area (Å²) in [7, 11) is 1.39. The Labute approximate surface area is 123 Å². The minimum Gasteiger partial charge on any atom is -0.465 e. The van der Waals surface area contributed by atoms with Crippen molar-refractivity contribution in [1.29, 1.82) is 0 Å². The van der Waals surface area contributed by atoms with Gasteiger partial charge in [0.1, 0.15) is 0 Å². The minimum absolute atomic E-state index is 0.308. The third-order valence-corrected chi connectivity index (χ3v) is 3.66. The lowest BCUT2D eigenvalue weighted by Gasteiger charge is -2.09. The van der Waals surface area contributed by atoms with E-state index in [9.17, 15) is 4.79 Å². The topological polar surface area (TPSA) is 38.3 Å². The smallest absolute Gasteiger partial charge is 0.337 e. The van der Waals surface area contributed by atoms with E-state index in [1.165, 1.54) is 20.0 Å². The molecule has 0 amide bonds. The van der Waals surface area contributed by atoms with Gasteiger partial charge < -0.3 is 10.1 Å². The molecule has 19 heavy (non-hydrogen) atoms. The van der Waals surface area contributed by atoms with Crippen LogP contribution >= 0.6 is 15.9 Å². The predicted octanol–water partition coefficient (Wildman–Crippen LogP) is 3.76. The fourth-order valence-corrected chi connectivity index (χ4v) is 2.31. The second-order valence-electron chi connectivity index (χ2n) is 5.01. The van der Waals surface area contributed by atoms with Crippen molar-refractivity contribution in [2.45, 2.75) is 33.2 Å². The van der Waals surface area contributed by atoms with Crippen LogP contribution < -0.4 is 5.32 Å². The Hall–Kier alpha value is -0.870. The molecule has 0 aromatic heterocycles. The summed E-state index contributed by atoms with van der Waals surface area (Å²) in [6.07, 6.45) is 2.44. The molecule has 0 aliphatic rings. The Morgan fingerprint density at radius 2 is 2.16 bits per heavy atom. The van der Waals surface area contributed by atoms with Gasteiger partial charge in [0.15, 0.2) is 0 Å². The van der Waals surface area contributed by atoms with Crippen molar-refractivity contribution in [3.05, 3.63) is 33.8 Å². The van der Waals surface area contributed by atoms with Gasteiger partial charge in [-0.2, -0.15) is 0 Å². The van der Waals surface area contributed by atoms with E-state index in [4.69, 9.17) is 4.74 Å². The predicted molar refractivity (Wildman–Crippen MR) is 81.3 cm³/mol. The van der Waals surface area contributed by atoms with Crippen LogP contribution in [0.2, 0.25) is 0 Å². The van der Waals surface area contributed by atoms with E-state index in [1.54, 1.807) is 12.1 Å². The normalized spacial score (nSPS) is 10.8. The van der Waals surface area contributed by atoms with Crippen molar-refractivity contribution in [2.24, 2.45) is 5.92 Å². The number of nitrogens with one attached hydrogen (secondary N) is 1. The SMILES string of the molecule is COC(=O)c1ccc(CNCCCC(C)C)c(Br)c1. The van der Waals surface area contributed by atoms with E-state index in [1.807, 2.05) is 6.07 Å². The maximum Gasteiger partial charge on any atom is 0.337 e. The number of benzene rings is 1. The first kappa shape index (κ1) is 16.2. The molecule has 4 heteroatoms. The van der Waals surface area contributed by atoms with Crippen LogP contribution in [-0.2, 0) is 11.3 Å². The molecule has 0 unspecified atom stereocenters. The van der Waals surface area contributed by atoms with E-state index in [2.05, 4.69) is 35.1 Å². The summed E-state index contributed by atoms with van der Waals surface area (Å²) in [5.74, 6) is 0.449. The molecule has 106 valence electrons. The molecule has 0 fully saturated rings. The first-order valence-corrected chi connectivity index (χ1v) is 7.41. The largest absolute Gasteiger partial charge is 0.465 e. The number of hydrogen-bond acceptors (Lipinski definition) is 3. The zero-order chi connectivity index (χ0) is 14.3. The fraction of sp³-hybridized carbons (Fsp3) is 0.533. The molecule has 0 bridgehead atoms. The number of halogens is 1. The van der Waals surface area contributed by atoms with E-state index in [0.717, 1.165) is 29.0 Å².